The number of carbonyl (C=O) groups is 1. The summed E-state index contributed by atoms with van der Waals surface area (Å²) in [6, 6.07) is 12.1. The average molecular weight is 342 g/mol. The van der Waals surface area contributed by atoms with Crippen molar-refractivity contribution in [1.29, 1.82) is 0 Å². The Morgan fingerprint density at radius 3 is 2.55 bits per heavy atom. The van der Waals surface area contributed by atoms with Gasteiger partial charge < -0.3 is 15.9 Å². The van der Waals surface area contributed by atoms with Crippen LogP contribution in [0.3, 0.4) is 0 Å². The average Bonchev–Trinajstić information content (AvgIpc) is 2.45. The fraction of sp³-hybridized carbons (Fsp3) is 0.188. The lowest BCUT2D eigenvalue weighted by Gasteiger charge is -2.15. The van der Waals surface area contributed by atoms with E-state index in [4.69, 9.17) is 22.4 Å². The molecular formula is C16H17Cl2NO3. The molecule has 1 atom stereocenters. The molecule has 2 rings (SSSR count). The van der Waals surface area contributed by atoms with Crippen molar-refractivity contribution in [2.45, 2.75) is 12.3 Å². The van der Waals surface area contributed by atoms with Crippen LogP contribution < -0.4 is 5.73 Å². The van der Waals surface area contributed by atoms with Crippen molar-refractivity contribution < 1.29 is 15.0 Å². The molecule has 0 aromatic heterocycles. The summed E-state index contributed by atoms with van der Waals surface area (Å²) in [5.74, 6) is -1.01. The Morgan fingerprint density at radius 1 is 1.23 bits per heavy atom. The van der Waals surface area contributed by atoms with Gasteiger partial charge in [0.15, 0.2) is 0 Å². The van der Waals surface area contributed by atoms with Crippen molar-refractivity contribution in [2.24, 2.45) is 5.73 Å². The molecule has 0 amide bonds. The van der Waals surface area contributed by atoms with Gasteiger partial charge in [-0.25, -0.2) is 0 Å². The number of aliphatic carboxylic acids is 1. The van der Waals surface area contributed by atoms with E-state index in [0.29, 0.717) is 5.02 Å². The van der Waals surface area contributed by atoms with Crippen molar-refractivity contribution in [3.05, 3.63) is 53.1 Å². The van der Waals surface area contributed by atoms with Crippen LogP contribution in [0, 0.1) is 0 Å². The summed E-state index contributed by atoms with van der Waals surface area (Å²) in [4.78, 5) is 10.9. The molecule has 0 aliphatic rings. The van der Waals surface area contributed by atoms with E-state index in [2.05, 4.69) is 0 Å². The number of hydrogen-bond donors (Lipinski definition) is 3. The zero-order valence-electron chi connectivity index (χ0n) is 11.7. The molecule has 0 spiro atoms. The van der Waals surface area contributed by atoms with Gasteiger partial charge in [-0.3, -0.25) is 4.79 Å². The Hall–Kier alpha value is -1.75. The minimum Gasteiger partial charge on any atom is -0.508 e. The summed E-state index contributed by atoms with van der Waals surface area (Å²) < 4.78 is 0. The maximum Gasteiger partial charge on any atom is 0.304 e. The molecule has 22 heavy (non-hydrogen) atoms. The third-order valence-electron chi connectivity index (χ3n) is 3.32. The molecule has 4 N–H and O–H groups in total. The number of benzene rings is 2. The largest absolute Gasteiger partial charge is 0.508 e. The molecule has 0 saturated carbocycles. The Morgan fingerprint density at radius 2 is 1.95 bits per heavy atom. The quantitative estimate of drug-likeness (QED) is 0.774. The van der Waals surface area contributed by atoms with Crippen LogP contribution in [-0.4, -0.2) is 22.7 Å². The van der Waals surface area contributed by atoms with Crippen LogP contribution in [0.15, 0.2) is 42.5 Å². The molecule has 0 aliphatic carbocycles. The highest BCUT2D eigenvalue weighted by molar-refractivity contribution is 6.33. The molecule has 0 saturated heterocycles. The Balaban J connectivity index is 0.00000242. The number of hydrogen-bond acceptors (Lipinski definition) is 3. The Bertz CT molecular complexity index is 662. The van der Waals surface area contributed by atoms with Gasteiger partial charge in [-0.2, -0.15) is 0 Å². The van der Waals surface area contributed by atoms with Gasteiger partial charge in [-0.05, 0) is 41.9 Å². The topological polar surface area (TPSA) is 83.6 Å². The highest BCUT2D eigenvalue weighted by atomic mass is 35.5. The number of carboxylic acid groups (broad SMARTS) is 1. The van der Waals surface area contributed by atoms with Crippen LogP contribution in [0.1, 0.15) is 17.9 Å². The molecule has 6 heteroatoms. The molecule has 4 nitrogen and oxygen atoms in total. The van der Waals surface area contributed by atoms with Gasteiger partial charge in [-0.15, -0.1) is 12.4 Å². The normalized spacial score (nSPS) is 11.5. The minimum atomic E-state index is -0.890. The van der Waals surface area contributed by atoms with Crippen molar-refractivity contribution in [3.8, 4) is 16.9 Å². The van der Waals surface area contributed by atoms with Gasteiger partial charge in [0.25, 0.3) is 0 Å². The van der Waals surface area contributed by atoms with Crippen LogP contribution >= 0.6 is 24.0 Å². The van der Waals surface area contributed by atoms with E-state index >= 15 is 0 Å². The lowest BCUT2D eigenvalue weighted by molar-refractivity contribution is -0.137. The molecule has 0 radical (unpaired) electrons. The maximum atomic E-state index is 10.9. The highest BCUT2D eigenvalue weighted by Crippen LogP contribution is 2.33. The van der Waals surface area contributed by atoms with E-state index in [-0.39, 0.29) is 37.0 Å². The zero-order chi connectivity index (χ0) is 15.4. The van der Waals surface area contributed by atoms with Gasteiger partial charge >= 0.3 is 5.97 Å². The third-order valence-corrected chi connectivity index (χ3v) is 3.65. The van der Waals surface area contributed by atoms with Crippen LogP contribution in [0.4, 0.5) is 0 Å². The maximum absolute atomic E-state index is 10.9. The lowest BCUT2D eigenvalue weighted by atomic mass is 9.92. The number of halogens is 2. The predicted molar refractivity (Wildman–Crippen MR) is 89.8 cm³/mol. The van der Waals surface area contributed by atoms with Gasteiger partial charge in [-0.1, -0.05) is 29.8 Å². The molecule has 0 unspecified atom stereocenters. The van der Waals surface area contributed by atoms with Gasteiger partial charge in [0.2, 0.25) is 0 Å². The smallest absolute Gasteiger partial charge is 0.304 e. The standard InChI is InChI=1S/C16H16ClNO3.ClH/c17-15-5-4-10(12(9-18)8-16(20)21)7-14(15)11-2-1-3-13(19)6-11;/h1-7,12,19H,8-9,18H2,(H,20,21);1H/t12-;/m0./s1. The number of phenolic OH excluding ortho intramolecular Hbond substituents is 1. The van der Waals surface area contributed by atoms with Gasteiger partial charge in [0.05, 0.1) is 6.42 Å². The zero-order valence-corrected chi connectivity index (χ0v) is 13.3. The first kappa shape index (κ1) is 18.3. The molecule has 0 fully saturated rings. The second-order valence-corrected chi connectivity index (χ2v) is 5.23. The van der Waals surface area contributed by atoms with E-state index in [9.17, 15) is 9.90 Å². The lowest BCUT2D eigenvalue weighted by Crippen LogP contribution is -2.16. The van der Waals surface area contributed by atoms with Gasteiger partial charge in [0.1, 0.15) is 5.75 Å². The van der Waals surface area contributed by atoms with E-state index in [1.165, 1.54) is 0 Å². The second-order valence-electron chi connectivity index (χ2n) is 4.82. The summed E-state index contributed by atoms with van der Waals surface area (Å²) in [5.41, 5.74) is 8.01. The molecule has 2 aromatic rings. The highest BCUT2D eigenvalue weighted by Gasteiger charge is 2.16. The SMILES string of the molecule is Cl.NC[C@H](CC(=O)O)c1ccc(Cl)c(-c2cccc(O)c2)c1. The van der Waals surface area contributed by atoms with Crippen molar-refractivity contribution in [3.63, 3.8) is 0 Å². The fourth-order valence-corrected chi connectivity index (χ4v) is 2.47. The van der Waals surface area contributed by atoms with E-state index in [1.54, 1.807) is 30.3 Å². The number of carboxylic acids is 1. The van der Waals surface area contributed by atoms with Crippen LogP contribution in [0.25, 0.3) is 11.1 Å². The van der Waals surface area contributed by atoms with Crippen molar-refractivity contribution in [1.82, 2.24) is 0 Å². The van der Waals surface area contributed by atoms with Crippen LogP contribution in [0.5, 0.6) is 5.75 Å². The predicted octanol–water partition coefficient (Wildman–Crippen LogP) is 3.65. The third kappa shape index (κ3) is 4.37. The van der Waals surface area contributed by atoms with Crippen LogP contribution in [-0.2, 0) is 4.79 Å². The van der Waals surface area contributed by atoms with Crippen molar-refractivity contribution in [2.75, 3.05) is 6.54 Å². The van der Waals surface area contributed by atoms with E-state index in [0.717, 1.165) is 16.7 Å². The summed E-state index contributed by atoms with van der Waals surface area (Å²) in [6.45, 7) is 0.243. The molecule has 0 aliphatic heterocycles. The first-order chi connectivity index (χ1) is 10.0. The summed E-state index contributed by atoms with van der Waals surface area (Å²) in [5, 5.41) is 19.0. The van der Waals surface area contributed by atoms with E-state index in [1.807, 2.05) is 12.1 Å². The molecule has 2 aromatic carbocycles. The molecule has 0 heterocycles. The monoisotopic (exact) mass is 341 g/mol. The molecular weight excluding hydrogens is 325 g/mol. The van der Waals surface area contributed by atoms with Crippen molar-refractivity contribution >= 4 is 30.0 Å². The summed E-state index contributed by atoms with van der Waals surface area (Å²) >= 11 is 6.21. The summed E-state index contributed by atoms with van der Waals surface area (Å²) in [6.07, 6.45) is -0.0301. The second kappa shape index (κ2) is 8.03. The molecule has 0 bridgehead atoms. The summed E-state index contributed by atoms with van der Waals surface area (Å²) in [7, 11) is 0. The number of rotatable bonds is 5. The first-order valence-corrected chi connectivity index (χ1v) is 6.89. The fourth-order valence-electron chi connectivity index (χ4n) is 2.24. The minimum absolute atomic E-state index is 0. The number of aromatic hydroxyl groups is 1. The number of nitrogens with two attached hydrogens (primary N) is 1. The molecule has 118 valence electrons. The van der Waals surface area contributed by atoms with Gasteiger partial charge in [0, 0.05) is 16.5 Å². The first-order valence-electron chi connectivity index (χ1n) is 6.52. The van der Waals surface area contributed by atoms with E-state index < -0.39 is 5.97 Å². The Kier molecular flexibility index (Phi) is 6.68. The number of phenols is 1. The van der Waals surface area contributed by atoms with Crippen LogP contribution in [0.2, 0.25) is 5.02 Å². The Labute approximate surface area is 139 Å².